The van der Waals surface area contributed by atoms with E-state index in [0.717, 1.165) is 24.3 Å². The Morgan fingerprint density at radius 1 is 1.00 bits per heavy atom. The third-order valence-electron chi connectivity index (χ3n) is 3.83. The van der Waals surface area contributed by atoms with Gasteiger partial charge in [0, 0.05) is 0 Å². The maximum absolute atomic E-state index is 5.52. The minimum atomic E-state index is 0.899. The molecular weight excluding hydrogens is 146 g/mol. The molecule has 0 saturated heterocycles. The van der Waals surface area contributed by atoms with Gasteiger partial charge in [-0.1, -0.05) is 19.3 Å². The molecule has 0 amide bonds. The molecule has 0 radical (unpaired) electrons. The number of nitrogens with two attached hydrogens (primary N) is 1. The Labute approximate surface area is 75.7 Å². The molecule has 1 nitrogen and oxygen atoms in total. The summed E-state index contributed by atoms with van der Waals surface area (Å²) in [6, 6.07) is 0. The molecule has 2 unspecified atom stereocenters. The van der Waals surface area contributed by atoms with Crippen LogP contribution in [0.1, 0.15) is 44.9 Å². The van der Waals surface area contributed by atoms with E-state index in [4.69, 9.17) is 5.73 Å². The number of fused-ring (bicyclic) bond motifs is 1. The summed E-state index contributed by atoms with van der Waals surface area (Å²) in [4.78, 5) is 0. The second-order valence-electron chi connectivity index (χ2n) is 4.56. The van der Waals surface area contributed by atoms with Crippen molar-refractivity contribution in [1.82, 2.24) is 0 Å². The van der Waals surface area contributed by atoms with Crippen LogP contribution in [0.3, 0.4) is 0 Å². The van der Waals surface area contributed by atoms with E-state index in [2.05, 4.69) is 0 Å². The highest BCUT2D eigenvalue weighted by Gasteiger charge is 2.48. The first-order valence-electron chi connectivity index (χ1n) is 5.63. The molecule has 2 N–H and O–H groups in total. The lowest BCUT2D eigenvalue weighted by Crippen LogP contribution is -1.99. The molecule has 2 atom stereocenters. The van der Waals surface area contributed by atoms with Crippen molar-refractivity contribution < 1.29 is 0 Å². The van der Waals surface area contributed by atoms with Crippen molar-refractivity contribution >= 4 is 0 Å². The molecule has 70 valence electrons. The molecule has 12 heavy (non-hydrogen) atoms. The highest BCUT2D eigenvalue weighted by molar-refractivity contribution is 4.97. The van der Waals surface area contributed by atoms with Gasteiger partial charge < -0.3 is 5.73 Å². The van der Waals surface area contributed by atoms with Crippen LogP contribution in [0.2, 0.25) is 0 Å². The highest BCUT2D eigenvalue weighted by Crippen LogP contribution is 2.56. The van der Waals surface area contributed by atoms with Crippen molar-refractivity contribution in [1.29, 1.82) is 0 Å². The molecule has 0 aromatic rings. The zero-order chi connectivity index (χ0) is 8.39. The summed E-state index contributed by atoms with van der Waals surface area (Å²) in [7, 11) is 0. The largest absolute Gasteiger partial charge is 0.330 e. The average molecular weight is 167 g/mol. The van der Waals surface area contributed by atoms with Gasteiger partial charge in [0.05, 0.1) is 0 Å². The van der Waals surface area contributed by atoms with E-state index in [1.165, 1.54) is 44.9 Å². The Balaban J connectivity index is 1.74. The van der Waals surface area contributed by atoms with Gasteiger partial charge in [-0.3, -0.25) is 0 Å². The first kappa shape index (κ1) is 8.55. The van der Waals surface area contributed by atoms with Gasteiger partial charge in [0.25, 0.3) is 0 Å². The molecule has 2 aliphatic carbocycles. The van der Waals surface area contributed by atoms with Gasteiger partial charge in [-0.15, -0.1) is 0 Å². The molecule has 2 saturated carbocycles. The van der Waals surface area contributed by atoms with Gasteiger partial charge in [0.15, 0.2) is 0 Å². The van der Waals surface area contributed by atoms with Crippen LogP contribution in [0.5, 0.6) is 0 Å². The number of hydrogen-bond acceptors (Lipinski definition) is 1. The van der Waals surface area contributed by atoms with E-state index in [-0.39, 0.29) is 0 Å². The van der Waals surface area contributed by atoms with Gasteiger partial charge in [-0.2, -0.15) is 0 Å². The normalized spacial score (nSPS) is 40.2. The third kappa shape index (κ3) is 1.66. The van der Waals surface area contributed by atoms with Crippen LogP contribution in [0.4, 0.5) is 0 Å². The van der Waals surface area contributed by atoms with Crippen LogP contribution in [-0.4, -0.2) is 6.54 Å². The minimum absolute atomic E-state index is 0.899. The highest BCUT2D eigenvalue weighted by atomic mass is 14.6. The summed E-state index contributed by atoms with van der Waals surface area (Å²) in [5, 5.41) is 0. The van der Waals surface area contributed by atoms with Crippen LogP contribution in [-0.2, 0) is 0 Å². The fraction of sp³-hybridized carbons (Fsp3) is 1.00. The Morgan fingerprint density at radius 2 is 1.67 bits per heavy atom. The van der Waals surface area contributed by atoms with Gasteiger partial charge >= 0.3 is 0 Å². The molecule has 0 spiro atoms. The monoisotopic (exact) mass is 167 g/mol. The lowest BCUT2D eigenvalue weighted by molar-refractivity contribution is 0.532. The number of hydrogen-bond donors (Lipinski definition) is 1. The predicted molar refractivity (Wildman–Crippen MR) is 51.8 cm³/mol. The average Bonchev–Trinajstić information content (AvgIpc) is 2.75. The summed E-state index contributed by atoms with van der Waals surface area (Å²) in [6.07, 6.45) is 10.2. The predicted octanol–water partition coefficient (Wildman–Crippen LogP) is 2.55. The maximum Gasteiger partial charge on any atom is -0.00772 e. The Kier molecular flexibility index (Phi) is 2.69. The molecule has 0 aliphatic heterocycles. The Hall–Kier alpha value is -0.0400. The van der Waals surface area contributed by atoms with Crippen molar-refractivity contribution in [2.45, 2.75) is 44.9 Å². The molecule has 2 aliphatic rings. The Bertz CT molecular complexity index is 132. The molecular formula is C11H21N. The van der Waals surface area contributed by atoms with Gasteiger partial charge in [0.2, 0.25) is 0 Å². The van der Waals surface area contributed by atoms with Crippen LogP contribution < -0.4 is 5.73 Å². The molecule has 2 rings (SSSR count). The summed E-state index contributed by atoms with van der Waals surface area (Å²) in [6.45, 7) is 0.899. The van der Waals surface area contributed by atoms with E-state index in [9.17, 15) is 0 Å². The standard InChI is InChI=1S/C11H21N/c12-8-4-7-11-9-5-2-1-3-6-10(9)11/h9-11H,1-8,12H2. The van der Waals surface area contributed by atoms with Gasteiger partial charge in [0.1, 0.15) is 0 Å². The first-order chi connectivity index (χ1) is 5.93. The van der Waals surface area contributed by atoms with Crippen LogP contribution in [0.25, 0.3) is 0 Å². The lowest BCUT2D eigenvalue weighted by atomic mass is 10.1. The smallest absolute Gasteiger partial charge is 0.00772 e. The molecule has 0 bridgehead atoms. The summed E-state index contributed by atoms with van der Waals surface area (Å²) in [5.74, 6) is 3.34. The summed E-state index contributed by atoms with van der Waals surface area (Å²) < 4.78 is 0. The molecule has 0 aromatic heterocycles. The van der Waals surface area contributed by atoms with Crippen molar-refractivity contribution in [3.05, 3.63) is 0 Å². The molecule has 0 heterocycles. The molecule has 1 heteroatoms. The fourth-order valence-corrected chi connectivity index (χ4v) is 3.10. The quantitative estimate of drug-likeness (QED) is 0.687. The Morgan fingerprint density at radius 3 is 2.25 bits per heavy atom. The third-order valence-corrected chi connectivity index (χ3v) is 3.83. The second-order valence-corrected chi connectivity index (χ2v) is 4.56. The topological polar surface area (TPSA) is 26.0 Å². The van der Waals surface area contributed by atoms with E-state index >= 15 is 0 Å². The second kappa shape index (κ2) is 3.78. The maximum atomic E-state index is 5.52. The fourth-order valence-electron chi connectivity index (χ4n) is 3.10. The van der Waals surface area contributed by atoms with Gasteiger partial charge in [-0.05, 0) is 50.0 Å². The first-order valence-corrected chi connectivity index (χ1v) is 5.63. The van der Waals surface area contributed by atoms with Crippen LogP contribution in [0.15, 0.2) is 0 Å². The summed E-state index contributed by atoms with van der Waals surface area (Å²) in [5.41, 5.74) is 5.52. The summed E-state index contributed by atoms with van der Waals surface area (Å²) >= 11 is 0. The van der Waals surface area contributed by atoms with E-state index in [1.807, 2.05) is 0 Å². The van der Waals surface area contributed by atoms with Crippen molar-refractivity contribution in [2.75, 3.05) is 6.54 Å². The van der Waals surface area contributed by atoms with Crippen molar-refractivity contribution in [3.8, 4) is 0 Å². The zero-order valence-electron chi connectivity index (χ0n) is 7.97. The van der Waals surface area contributed by atoms with Gasteiger partial charge in [-0.25, -0.2) is 0 Å². The molecule has 0 aromatic carbocycles. The lowest BCUT2D eigenvalue weighted by Gasteiger charge is -2.00. The van der Waals surface area contributed by atoms with Crippen LogP contribution in [0, 0.1) is 17.8 Å². The van der Waals surface area contributed by atoms with E-state index in [1.54, 1.807) is 0 Å². The molecule has 2 fully saturated rings. The van der Waals surface area contributed by atoms with Crippen molar-refractivity contribution in [2.24, 2.45) is 23.5 Å². The van der Waals surface area contributed by atoms with Crippen LogP contribution >= 0.6 is 0 Å². The van der Waals surface area contributed by atoms with E-state index < -0.39 is 0 Å². The zero-order valence-corrected chi connectivity index (χ0v) is 7.97. The van der Waals surface area contributed by atoms with E-state index in [0.29, 0.717) is 0 Å². The number of rotatable bonds is 3. The minimum Gasteiger partial charge on any atom is -0.330 e. The SMILES string of the molecule is NCCCC1C2CCCCCC12. The van der Waals surface area contributed by atoms with Crippen molar-refractivity contribution in [3.63, 3.8) is 0 Å².